The molecule has 1 saturated carbocycles. The van der Waals surface area contributed by atoms with Crippen molar-refractivity contribution in [2.75, 3.05) is 0 Å². The highest BCUT2D eigenvalue weighted by Crippen LogP contribution is 2.33. The summed E-state index contributed by atoms with van der Waals surface area (Å²) in [4.78, 5) is 10.6. The van der Waals surface area contributed by atoms with Crippen molar-refractivity contribution in [2.24, 2.45) is 0 Å². The van der Waals surface area contributed by atoms with Gasteiger partial charge in [-0.15, -0.1) is 10.2 Å². The van der Waals surface area contributed by atoms with Crippen molar-refractivity contribution in [1.29, 1.82) is 0 Å². The molecule has 18 heavy (non-hydrogen) atoms. The van der Waals surface area contributed by atoms with Gasteiger partial charge in [-0.2, -0.15) is 0 Å². The molecule has 0 aliphatic heterocycles. The van der Waals surface area contributed by atoms with Gasteiger partial charge in [0.05, 0.1) is 0 Å². The predicted molar refractivity (Wildman–Crippen MR) is 64.2 cm³/mol. The number of aliphatic hydroxyl groups is 1. The summed E-state index contributed by atoms with van der Waals surface area (Å²) in [6.07, 6.45) is 3.55. The Bertz CT molecular complexity index is 424. The van der Waals surface area contributed by atoms with Crippen LogP contribution in [0.2, 0.25) is 0 Å². The zero-order valence-electron chi connectivity index (χ0n) is 10.5. The third kappa shape index (κ3) is 2.69. The molecule has 1 aliphatic rings. The molecule has 1 atom stereocenters. The minimum absolute atomic E-state index is 0.188. The Morgan fingerprint density at radius 1 is 1.44 bits per heavy atom. The fourth-order valence-corrected chi connectivity index (χ4v) is 2.53. The Morgan fingerprint density at radius 3 is 2.72 bits per heavy atom. The van der Waals surface area contributed by atoms with Crippen LogP contribution < -0.4 is 0 Å². The maximum Gasteiger partial charge on any atom is 0.332 e. The molecule has 1 heterocycles. The number of carboxylic acids is 1. The molecular formula is C12H19N3O3. The molecule has 1 aromatic rings. The van der Waals surface area contributed by atoms with Crippen LogP contribution in [0.4, 0.5) is 0 Å². The van der Waals surface area contributed by atoms with E-state index in [9.17, 15) is 9.90 Å². The molecule has 2 rings (SSSR count). The number of hydrogen-bond acceptors (Lipinski definition) is 4. The molecule has 0 bridgehead atoms. The van der Waals surface area contributed by atoms with E-state index in [0.29, 0.717) is 12.5 Å². The van der Waals surface area contributed by atoms with Crippen molar-refractivity contribution in [2.45, 2.75) is 57.6 Å². The number of aliphatic hydroxyl groups excluding tert-OH is 1. The molecule has 1 aliphatic carbocycles. The average Bonchev–Trinajstić information content (AvgIpc) is 2.95. The van der Waals surface area contributed by atoms with E-state index in [1.165, 1.54) is 12.8 Å². The molecular weight excluding hydrogens is 234 g/mol. The number of rotatable bonds is 5. The number of aryl methyl sites for hydroxylation is 1. The van der Waals surface area contributed by atoms with Gasteiger partial charge in [-0.25, -0.2) is 4.79 Å². The fraction of sp³-hybridized carbons (Fsp3) is 0.750. The van der Waals surface area contributed by atoms with Crippen LogP contribution in [0.25, 0.3) is 0 Å². The molecule has 2 N–H and O–H groups in total. The van der Waals surface area contributed by atoms with Crippen molar-refractivity contribution in [3.05, 3.63) is 11.6 Å². The van der Waals surface area contributed by atoms with E-state index >= 15 is 0 Å². The van der Waals surface area contributed by atoms with Gasteiger partial charge < -0.3 is 14.8 Å². The largest absolute Gasteiger partial charge is 0.479 e. The maximum atomic E-state index is 10.6. The molecule has 6 nitrogen and oxygen atoms in total. The first-order valence-corrected chi connectivity index (χ1v) is 6.40. The number of aliphatic carboxylic acids is 1. The second kappa shape index (κ2) is 5.48. The predicted octanol–water partition coefficient (Wildman–Crippen LogP) is 1.08. The van der Waals surface area contributed by atoms with E-state index in [-0.39, 0.29) is 6.42 Å². The Labute approximate surface area is 106 Å². The molecule has 100 valence electrons. The van der Waals surface area contributed by atoms with Gasteiger partial charge in [0.1, 0.15) is 11.6 Å². The van der Waals surface area contributed by atoms with Crippen LogP contribution in [-0.2, 0) is 11.3 Å². The summed E-state index contributed by atoms with van der Waals surface area (Å²) in [5, 5.41) is 26.3. The van der Waals surface area contributed by atoms with Crippen molar-refractivity contribution < 1.29 is 15.0 Å². The summed E-state index contributed by atoms with van der Waals surface area (Å²) in [6.45, 7) is 2.32. The van der Waals surface area contributed by atoms with E-state index in [1.807, 2.05) is 11.5 Å². The highest BCUT2D eigenvalue weighted by molar-refractivity contribution is 5.71. The zero-order chi connectivity index (χ0) is 13.1. The van der Waals surface area contributed by atoms with Crippen LogP contribution in [0.1, 0.15) is 49.7 Å². The normalized spacial score (nSPS) is 18.1. The van der Waals surface area contributed by atoms with Gasteiger partial charge in [-0.1, -0.05) is 12.8 Å². The Kier molecular flexibility index (Phi) is 3.96. The Morgan fingerprint density at radius 2 is 2.11 bits per heavy atom. The van der Waals surface area contributed by atoms with Gasteiger partial charge in [0.2, 0.25) is 0 Å². The van der Waals surface area contributed by atoms with Gasteiger partial charge in [0.15, 0.2) is 6.10 Å². The fourth-order valence-electron chi connectivity index (χ4n) is 2.53. The summed E-state index contributed by atoms with van der Waals surface area (Å²) in [7, 11) is 0. The van der Waals surface area contributed by atoms with Crippen LogP contribution in [0, 0.1) is 6.92 Å². The van der Waals surface area contributed by atoms with Crippen LogP contribution in [0.3, 0.4) is 0 Å². The van der Waals surface area contributed by atoms with Crippen LogP contribution in [0.5, 0.6) is 0 Å². The topological polar surface area (TPSA) is 88.2 Å². The summed E-state index contributed by atoms with van der Waals surface area (Å²) >= 11 is 0. The third-order valence-corrected chi connectivity index (χ3v) is 3.60. The lowest BCUT2D eigenvalue weighted by atomic mass is 10.1. The number of carbonyl (C=O) groups is 1. The Balaban J connectivity index is 2.06. The third-order valence-electron chi connectivity index (χ3n) is 3.60. The molecule has 1 fully saturated rings. The van der Waals surface area contributed by atoms with E-state index in [0.717, 1.165) is 24.5 Å². The lowest BCUT2D eigenvalue weighted by molar-refractivity contribution is -0.147. The summed E-state index contributed by atoms with van der Waals surface area (Å²) < 4.78 is 1.95. The highest BCUT2D eigenvalue weighted by atomic mass is 16.4. The lowest BCUT2D eigenvalue weighted by Gasteiger charge is -2.13. The van der Waals surface area contributed by atoms with Gasteiger partial charge in [0.25, 0.3) is 0 Å². The lowest BCUT2D eigenvalue weighted by Crippen LogP contribution is -2.22. The summed E-state index contributed by atoms with van der Waals surface area (Å²) in [5.74, 6) is 0.994. The van der Waals surface area contributed by atoms with Crippen molar-refractivity contribution in [3.63, 3.8) is 0 Å². The van der Waals surface area contributed by atoms with E-state index in [4.69, 9.17) is 5.11 Å². The molecule has 0 spiro atoms. The SMILES string of the molecule is Cc1nnc(C2CCCC2)n1CCC(O)C(=O)O. The van der Waals surface area contributed by atoms with Gasteiger partial charge in [0, 0.05) is 18.9 Å². The minimum Gasteiger partial charge on any atom is -0.479 e. The first-order valence-electron chi connectivity index (χ1n) is 6.40. The number of nitrogens with zero attached hydrogens (tertiary/aromatic N) is 3. The van der Waals surface area contributed by atoms with E-state index < -0.39 is 12.1 Å². The van der Waals surface area contributed by atoms with E-state index in [1.54, 1.807) is 0 Å². The van der Waals surface area contributed by atoms with Crippen LogP contribution in [0.15, 0.2) is 0 Å². The minimum atomic E-state index is -1.32. The van der Waals surface area contributed by atoms with Crippen molar-refractivity contribution in [3.8, 4) is 0 Å². The molecule has 0 amide bonds. The monoisotopic (exact) mass is 253 g/mol. The molecule has 1 unspecified atom stereocenters. The Hall–Kier alpha value is -1.43. The first-order chi connectivity index (χ1) is 8.59. The quantitative estimate of drug-likeness (QED) is 0.819. The standard InChI is InChI=1S/C12H19N3O3/c1-8-13-14-11(9-4-2-3-5-9)15(8)7-6-10(16)12(17)18/h9-10,16H,2-7H2,1H3,(H,17,18). The smallest absolute Gasteiger partial charge is 0.332 e. The van der Waals surface area contributed by atoms with Gasteiger partial charge in [-0.05, 0) is 19.8 Å². The second-order valence-corrected chi connectivity index (χ2v) is 4.88. The van der Waals surface area contributed by atoms with E-state index in [2.05, 4.69) is 10.2 Å². The summed E-state index contributed by atoms with van der Waals surface area (Å²) in [6, 6.07) is 0. The highest BCUT2D eigenvalue weighted by Gasteiger charge is 2.24. The molecule has 6 heteroatoms. The van der Waals surface area contributed by atoms with Gasteiger partial charge in [-0.3, -0.25) is 0 Å². The van der Waals surface area contributed by atoms with Crippen LogP contribution in [-0.4, -0.2) is 37.1 Å². The average molecular weight is 253 g/mol. The number of hydrogen-bond donors (Lipinski definition) is 2. The maximum absolute atomic E-state index is 10.6. The second-order valence-electron chi connectivity index (χ2n) is 4.88. The van der Waals surface area contributed by atoms with Crippen LogP contribution >= 0.6 is 0 Å². The molecule has 0 radical (unpaired) electrons. The molecule has 0 aromatic carbocycles. The van der Waals surface area contributed by atoms with Crippen molar-refractivity contribution in [1.82, 2.24) is 14.8 Å². The molecule has 1 aromatic heterocycles. The molecule has 0 saturated heterocycles. The number of carboxylic acid groups (broad SMARTS) is 1. The number of aromatic nitrogens is 3. The first kappa shape index (κ1) is 13.0. The zero-order valence-corrected chi connectivity index (χ0v) is 10.5. The summed E-state index contributed by atoms with van der Waals surface area (Å²) in [5.41, 5.74) is 0. The van der Waals surface area contributed by atoms with Crippen molar-refractivity contribution >= 4 is 5.97 Å². The van der Waals surface area contributed by atoms with Gasteiger partial charge >= 0.3 is 5.97 Å².